The molecule has 0 aromatic heterocycles. The zero-order valence-corrected chi connectivity index (χ0v) is 25.3. The summed E-state index contributed by atoms with van der Waals surface area (Å²) in [5.74, 6) is -0.181. The summed E-state index contributed by atoms with van der Waals surface area (Å²) in [7, 11) is 0. The molecule has 3 N–H and O–H groups in total. The predicted octanol–water partition coefficient (Wildman–Crippen LogP) is 5.57. The zero-order chi connectivity index (χ0) is 29.9. The van der Waals surface area contributed by atoms with Gasteiger partial charge in [-0.3, -0.25) is 9.59 Å². The van der Waals surface area contributed by atoms with Crippen LogP contribution in [0.2, 0.25) is 0 Å². The summed E-state index contributed by atoms with van der Waals surface area (Å²) < 4.78 is 6.24. The van der Waals surface area contributed by atoms with Crippen molar-refractivity contribution < 1.29 is 24.5 Å². The molecule has 2 amide bonds. The Morgan fingerprint density at radius 3 is 2.29 bits per heavy atom. The number of ether oxygens (including phenoxy) is 1. The van der Waals surface area contributed by atoms with Crippen LogP contribution in [-0.2, 0) is 16.1 Å². The Morgan fingerprint density at radius 2 is 1.60 bits per heavy atom. The number of nitrogens with zero attached hydrogens (tertiary/aromatic N) is 1. The van der Waals surface area contributed by atoms with Crippen LogP contribution in [-0.4, -0.2) is 58.3 Å². The topological polar surface area (TPSA) is 99.1 Å². The van der Waals surface area contributed by atoms with Crippen molar-refractivity contribution in [2.45, 2.75) is 109 Å². The van der Waals surface area contributed by atoms with Crippen LogP contribution in [0.5, 0.6) is 5.75 Å². The van der Waals surface area contributed by atoms with E-state index in [-0.39, 0.29) is 25.0 Å². The maximum atomic E-state index is 13.8. The quantitative estimate of drug-likeness (QED) is 0.227. The second-order valence-corrected chi connectivity index (χ2v) is 11.8. The van der Waals surface area contributed by atoms with Gasteiger partial charge >= 0.3 is 0 Å². The van der Waals surface area contributed by atoms with E-state index in [9.17, 15) is 19.8 Å². The van der Waals surface area contributed by atoms with E-state index in [0.717, 1.165) is 36.0 Å². The molecule has 0 fully saturated rings. The fourth-order valence-electron chi connectivity index (χ4n) is 6.17. The minimum Gasteiger partial charge on any atom is -0.486 e. The monoisotopic (exact) mass is 576 g/mol. The van der Waals surface area contributed by atoms with E-state index in [1.807, 2.05) is 55.5 Å². The highest BCUT2D eigenvalue weighted by atomic mass is 16.5. The number of aryl methyl sites for hydroxylation is 1. The summed E-state index contributed by atoms with van der Waals surface area (Å²) in [4.78, 5) is 28.9. The first-order valence-electron chi connectivity index (χ1n) is 15.8. The molecular weight excluding hydrogens is 528 g/mol. The lowest BCUT2D eigenvalue weighted by Gasteiger charge is -2.41. The number of nitrogens with one attached hydrogen (secondary N) is 1. The van der Waals surface area contributed by atoms with Crippen LogP contribution in [0.3, 0.4) is 0 Å². The van der Waals surface area contributed by atoms with Crippen LogP contribution in [0.4, 0.5) is 0 Å². The number of fused-ring (bicyclic) bond motifs is 3. The number of hydrogen-bond acceptors (Lipinski definition) is 5. The van der Waals surface area contributed by atoms with Gasteiger partial charge in [-0.1, -0.05) is 106 Å². The predicted molar refractivity (Wildman–Crippen MR) is 165 cm³/mol. The molecule has 7 heteroatoms. The van der Waals surface area contributed by atoms with Gasteiger partial charge in [-0.2, -0.15) is 0 Å². The van der Waals surface area contributed by atoms with Crippen molar-refractivity contribution >= 4 is 11.8 Å². The molecule has 1 heterocycles. The number of carbonyl (C=O) groups is 2. The number of unbranched alkanes of at least 4 members (excludes halogenated alkanes) is 8. The molecule has 1 aliphatic heterocycles. The number of rotatable bonds is 16. The molecule has 0 saturated heterocycles. The summed E-state index contributed by atoms with van der Waals surface area (Å²) in [5, 5.41) is 23.8. The minimum atomic E-state index is -1.02. The molecule has 1 aliphatic carbocycles. The Bertz CT molecular complexity index is 1190. The number of carbonyl (C=O) groups excluding carboxylic acids is 2. The van der Waals surface area contributed by atoms with Gasteiger partial charge in [0.2, 0.25) is 11.8 Å². The van der Waals surface area contributed by atoms with E-state index in [0.29, 0.717) is 24.3 Å². The Kier molecular flexibility index (Phi) is 12.0. The standard InChI is InChI=1S/C35H48N2O5/c1-3-4-5-6-7-8-9-10-11-16-31(39)37(24-26-19-17-25(2)18-20-26)29-23-28(35(41)36-21-22-38)32-27-14-12-13-15-30(27)42-34(32)33(29)40/h12-15,17-20,23,29,32-34,38,40H,3-11,16,21-22,24H2,1-2H3,(H,36,41)/t29-,32+,33+,34+/m1/s1. The molecule has 0 radical (unpaired) electrons. The number of hydrogen-bond donors (Lipinski definition) is 3. The van der Waals surface area contributed by atoms with Crippen LogP contribution in [0.25, 0.3) is 0 Å². The fourth-order valence-corrected chi connectivity index (χ4v) is 6.17. The van der Waals surface area contributed by atoms with Crippen LogP contribution in [0.1, 0.15) is 93.7 Å². The average Bonchev–Trinajstić information content (AvgIpc) is 3.39. The molecule has 0 spiro atoms. The SMILES string of the molecule is CCCCCCCCCCCC(=O)N(Cc1ccc(C)cc1)[C@@H]1C=C(C(=O)NCCO)[C@@H]2c3ccccc3O[C@@H]2[C@H]1O. The van der Waals surface area contributed by atoms with E-state index in [1.54, 1.807) is 11.0 Å². The van der Waals surface area contributed by atoms with Gasteiger partial charge in [-0.25, -0.2) is 0 Å². The molecule has 0 unspecified atom stereocenters. The van der Waals surface area contributed by atoms with Crippen LogP contribution in [0.15, 0.2) is 60.2 Å². The van der Waals surface area contributed by atoms with Crippen LogP contribution < -0.4 is 10.1 Å². The molecule has 7 nitrogen and oxygen atoms in total. The average molecular weight is 577 g/mol. The second-order valence-electron chi connectivity index (χ2n) is 11.8. The normalized spacial score (nSPS) is 20.7. The molecule has 4 atom stereocenters. The molecule has 42 heavy (non-hydrogen) atoms. The highest BCUT2D eigenvalue weighted by Crippen LogP contribution is 2.47. The highest BCUT2D eigenvalue weighted by molar-refractivity contribution is 5.96. The molecule has 2 aromatic rings. The van der Waals surface area contributed by atoms with Crippen molar-refractivity contribution in [2.24, 2.45) is 0 Å². The van der Waals surface area contributed by atoms with Crippen molar-refractivity contribution in [3.63, 3.8) is 0 Å². The summed E-state index contributed by atoms with van der Waals surface area (Å²) >= 11 is 0. The summed E-state index contributed by atoms with van der Waals surface area (Å²) in [6.07, 6.45) is 10.9. The number of benzene rings is 2. The fraction of sp³-hybridized carbons (Fsp3) is 0.543. The van der Waals surface area contributed by atoms with Crippen molar-refractivity contribution in [3.8, 4) is 5.75 Å². The van der Waals surface area contributed by atoms with E-state index in [2.05, 4.69) is 12.2 Å². The first-order valence-corrected chi connectivity index (χ1v) is 15.8. The van der Waals surface area contributed by atoms with Crippen molar-refractivity contribution in [1.29, 1.82) is 0 Å². The van der Waals surface area contributed by atoms with E-state index in [4.69, 9.17) is 4.74 Å². The number of aliphatic hydroxyl groups is 2. The van der Waals surface area contributed by atoms with Gasteiger partial charge in [0, 0.05) is 30.6 Å². The largest absolute Gasteiger partial charge is 0.486 e. The van der Waals surface area contributed by atoms with Gasteiger partial charge in [0.05, 0.1) is 18.6 Å². The van der Waals surface area contributed by atoms with Gasteiger partial charge in [0.15, 0.2) is 0 Å². The Hall–Kier alpha value is -3.16. The third-order valence-electron chi connectivity index (χ3n) is 8.53. The van der Waals surface area contributed by atoms with Gasteiger partial charge in [-0.05, 0) is 31.1 Å². The van der Waals surface area contributed by atoms with Gasteiger partial charge in [-0.15, -0.1) is 0 Å². The van der Waals surface area contributed by atoms with Crippen molar-refractivity contribution in [1.82, 2.24) is 10.2 Å². The molecule has 2 aliphatic rings. The Labute approximate surface area is 251 Å². The number of para-hydroxylation sites is 1. The lowest BCUT2D eigenvalue weighted by molar-refractivity contribution is -0.138. The smallest absolute Gasteiger partial charge is 0.247 e. The molecule has 0 bridgehead atoms. The third kappa shape index (κ3) is 8.01. The first kappa shape index (κ1) is 31.8. The zero-order valence-electron chi connectivity index (χ0n) is 25.3. The summed E-state index contributed by atoms with van der Waals surface area (Å²) in [6.45, 7) is 4.52. The maximum Gasteiger partial charge on any atom is 0.247 e. The second kappa shape index (κ2) is 15.9. The maximum absolute atomic E-state index is 13.8. The number of amides is 2. The van der Waals surface area contributed by atoms with Crippen LogP contribution in [0, 0.1) is 6.92 Å². The van der Waals surface area contributed by atoms with Gasteiger partial charge in [0.1, 0.15) is 18.0 Å². The number of aliphatic hydroxyl groups excluding tert-OH is 2. The van der Waals surface area contributed by atoms with Gasteiger partial charge in [0.25, 0.3) is 0 Å². The van der Waals surface area contributed by atoms with E-state index >= 15 is 0 Å². The van der Waals surface area contributed by atoms with E-state index < -0.39 is 24.2 Å². The Balaban J connectivity index is 1.54. The molecule has 4 rings (SSSR count). The van der Waals surface area contributed by atoms with Gasteiger partial charge < -0.3 is 25.2 Å². The minimum absolute atomic E-state index is 0.0390. The highest BCUT2D eigenvalue weighted by Gasteiger charge is 2.50. The van der Waals surface area contributed by atoms with Crippen molar-refractivity contribution in [3.05, 3.63) is 76.9 Å². The van der Waals surface area contributed by atoms with Crippen LogP contribution >= 0.6 is 0 Å². The summed E-state index contributed by atoms with van der Waals surface area (Å²) in [5.41, 5.74) is 3.40. The summed E-state index contributed by atoms with van der Waals surface area (Å²) in [6, 6.07) is 14.8. The van der Waals surface area contributed by atoms with Crippen molar-refractivity contribution in [2.75, 3.05) is 13.2 Å². The van der Waals surface area contributed by atoms with E-state index in [1.165, 1.54) is 38.5 Å². The molecule has 2 aromatic carbocycles. The lowest BCUT2D eigenvalue weighted by atomic mass is 9.77. The lowest BCUT2D eigenvalue weighted by Crippen LogP contribution is -2.55. The molecule has 228 valence electrons. The molecular formula is C35H48N2O5. The first-order chi connectivity index (χ1) is 20.4. The third-order valence-corrected chi connectivity index (χ3v) is 8.53. The Morgan fingerprint density at radius 1 is 0.929 bits per heavy atom. The molecule has 0 saturated carbocycles.